The second-order valence-electron chi connectivity index (χ2n) is 6.26. The zero-order valence-electron chi connectivity index (χ0n) is 14.0. The number of thiophene rings is 1. The van der Waals surface area contributed by atoms with Gasteiger partial charge in [-0.25, -0.2) is 13.4 Å². The van der Waals surface area contributed by atoms with Crippen LogP contribution in [-0.2, 0) is 9.84 Å². The number of aromatic nitrogens is 1. The number of nitrogens with zero attached hydrogens (tertiary/aromatic N) is 2. The molecule has 4 rings (SSSR count). The van der Waals surface area contributed by atoms with Gasteiger partial charge in [0.1, 0.15) is 4.83 Å². The predicted octanol–water partition coefficient (Wildman–Crippen LogP) is 3.36. The van der Waals surface area contributed by atoms with Gasteiger partial charge in [-0.3, -0.25) is 4.79 Å². The molecule has 1 fully saturated rings. The van der Waals surface area contributed by atoms with Gasteiger partial charge in [-0.15, -0.1) is 11.3 Å². The zero-order chi connectivity index (χ0) is 18.3. The van der Waals surface area contributed by atoms with E-state index in [2.05, 4.69) is 10.3 Å². The molecule has 3 heterocycles. The fourth-order valence-electron chi connectivity index (χ4n) is 2.96. The number of carbonyl (C=O) groups is 1. The van der Waals surface area contributed by atoms with Crippen LogP contribution >= 0.6 is 22.7 Å². The quantitative estimate of drug-likeness (QED) is 0.717. The molecule has 6 nitrogen and oxygen atoms in total. The van der Waals surface area contributed by atoms with Crippen molar-refractivity contribution in [1.82, 2.24) is 9.88 Å². The normalized spacial score (nSPS) is 18.9. The van der Waals surface area contributed by atoms with Gasteiger partial charge in [-0.2, -0.15) is 0 Å². The number of rotatable bonds is 4. The number of anilines is 2. The number of nitrogens with one attached hydrogen (secondary N) is 1. The van der Waals surface area contributed by atoms with E-state index < -0.39 is 9.84 Å². The highest BCUT2D eigenvalue weighted by molar-refractivity contribution is 7.91. The van der Waals surface area contributed by atoms with Gasteiger partial charge in [0.15, 0.2) is 15.0 Å². The van der Waals surface area contributed by atoms with Crippen LogP contribution in [-0.4, -0.2) is 48.8 Å². The van der Waals surface area contributed by atoms with Crippen molar-refractivity contribution < 1.29 is 13.2 Å². The van der Waals surface area contributed by atoms with Gasteiger partial charge >= 0.3 is 0 Å². The molecule has 0 spiro atoms. The number of amides is 1. The van der Waals surface area contributed by atoms with Crippen molar-refractivity contribution in [1.29, 1.82) is 0 Å². The molecule has 3 aromatic rings. The molecule has 26 heavy (non-hydrogen) atoms. The molecule has 0 unspecified atom stereocenters. The summed E-state index contributed by atoms with van der Waals surface area (Å²) in [4.78, 5) is 20.2. The van der Waals surface area contributed by atoms with E-state index >= 15 is 0 Å². The summed E-state index contributed by atoms with van der Waals surface area (Å²) in [6.07, 6.45) is 0.508. The molecule has 136 valence electrons. The van der Waals surface area contributed by atoms with Crippen molar-refractivity contribution in [3.8, 4) is 0 Å². The first-order valence-corrected chi connectivity index (χ1v) is 11.6. The van der Waals surface area contributed by atoms with Crippen LogP contribution in [0.25, 0.3) is 9.53 Å². The van der Waals surface area contributed by atoms with Gasteiger partial charge in [-0.05, 0) is 24.6 Å². The number of hydrogen-bond acceptors (Lipinski definition) is 7. The van der Waals surface area contributed by atoms with E-state index in [4.69, 9.17) is 0 Å². The fraction of sp³-hybridized carbons (Fsp3) is 0.294. The number of hydrogen-bond donors (Lipinski definition) is 1. The highest BCUT2D eigenvalue weighted by atomic mass is 32.2. The van der Waals surface area contributed by atoms with E-state index in [0.717, 1.165) is 20.3 Å². The smallest absolute Gasteiger partial charge is 0.264 e. The lowest BCUT2D eigenvalue weighted by Gasteiger charge is -2.22. The van der Waals surface area contributed by atoms with Gasteiger partial charge in [0, 0.05) is 18.8 Å². The maximum Gasteiger partial charge on any atom is 0.264 e. The Morgan fingerprint density at radius 3 is 2.69 bits per heavy atom. The standard InChI is InChI=1S/C17H17N3O3S3/c1-20(12-7-8-26(22,23)10-12)16(21)14-9-13-15(24-14)19-17(25-13)18-11-5-3-2-4-6-11/h2-6,9,12H,7-8,10H2,1H3,(H,18,19)/t12-/m1/s1. The van der Waals surface area contributed by atoms with E-state index in [1.807, 2.05) is 36.4 Å². The van der Waals surface area contributed by atoms with Crippen LogP contribution in [0.4, 0.5) is 10.8 Å². The number of thiazole rings is 1. The molecule has 1 aliphatic heterocycles. The highest BCUT2D eigenvalue weighted by Crippen LogP contribution is 2.35. The van der Waals surface area contributed by atoms with Crippen LogP contribution in [0, 0.1) is 0 Å². The van der Waals surface area contributed by atoms with Crippen LogP contribution in [0.3, 0.4) is 0 Å². The van der Waals surface area contributed by atoms with Crippen molar-refractivity contribution >= 4 is 58.8 Å². The Morgan fingerprint density at radius 1 is 1.27 bits per heavy atom. The summed E-state index contributed by atoms with van der Waals surface area (Å²) in [5.41, 5.74) is 0.965. The molecular formula is C17H17N3O3S3. The monoisotopic (exact) mass is 407 g/mol. The van der Waals surface area contributed by atoms with Gasteiger partial charge in [-0.1, -0.05) is 29.5 Å². The first-order valence-electron chi connectivity index (χ1n) is 8.11. The first-order chi connectivity index (χ1) is 12.4. The Bertz CT molecular complexity index is 1030. The molecule has 0 aliphatic carbocycles. The Balaban J connectivity index is 1.51. The molecule has 0 bridgehead atoms. The maximum absolute atomic E-state index is 12.7. The van der Waals surface area contributed by atoms with Crippen LogP contribution in [0.5, 0.6) is 0 Å². The van der Waals surface area contributed by atoms with E-state index in [0.29, 0.717) is 11.3 Å². The minimum atomic E-state index is -3.01. The predicted molar refractivity (Wildman–Crippen MR) is 106 cm³/mol. The second-order valence-corrected chi connectivity index (χ2v) is 10.6. The molecule has 1 saturated heterocycles. The molecule has 1 amide bonds. The first kappa shape index (κ1) is 17.4. The molecule has 1 atom stereocenters. The summed E-state index contributed by atoms with van der Waals surface area (Å²) in [5, 5.41) is 4.04. The summed E-state index contributed by atoms with van der Waals surface area (Å²) in [6, 6.07) is 11.4. The minimum absolute atomic E-state index is 0.0539. The summed E-state index contributed by atoms with van der Waals surface area (Å²) < 4.78 is 24.2. The van der Waals surface area contributed by atoms with Gasteiger partial charge in [0.05, 0.1) is 21.1 Å². The van der Waals surface area contributed by atoms with Crippen molar-refractivity contribution in [2.24, 2.45) is 0 Å². The topological polar surface area (TPSA) is 79.4 Å². The molecule has 0 radical (unpaired) electrons. The molecule has 9 heteroatoms. The Kier molecular flexibility index (Phi) is 4.45. The van der Waals surface area contributed by atoms with E-state index in [9.17, 15) is 13.2 Å². The number of carbonyl (C=O) groups excluding carboxylic acids is 1. The van der Waals surface area contributed by atoms with Crippen molar-refractivity contribution in [3.63, 3.8) is 0 Å². The van der Waals surface area contributed by atoms with Crippen LogP contribution in [0.1, 0.15) is 16.1 Å². The SMILES string of the molecule is CN(C(=O)c1cc2sc(Nc3ccccc3)nc2s1)[C@@H]1CCS(=O)(=O)C1. The summed E-state index contributed by atoms with van der Waals surface area (Å²) in [5.74, 6) is 0.0726. The third-order valence-electron chi connectivity index (χ3n) is 4.40. The largest absolute Gasteiger partial charge is 0.337 e. The zero-order valence-corrected chi connectivity index (χ0v) is 16.5. The molecule has 1 aliphatic rings. The highest BCUT2D eigenvalue weighted by Gasteiger charge is 2.33. The van der Waals surface area contributed by atoms with Gasteiger partial charge < -0.3 is 10.2 Å². The number of sulfone groups is 1. The summed E-state index contributed by atoms with van der Waals surface area (Å²) >= 11 is 2.84. The molecule has 0 saturated carbocycles. The average molecular weight is 408 g/mol. The van der Waals surface area contributed by atoms with Crippen molar-refractivity contribution in [2.75, 3.05) is 23.9 Å². The number of para-hydroxylation sites is 1. The van der Waals surface area contributed by atoms with Gasteiger partial charge in [0.25, 0.3) is 5.91 Å². The van der Waals surface area contributed by atoms with Crippen LogP contribution < -0.4 is 5.32 Å². The minimum Gasteiger partial charge on any atom is -0.337 e. The lowest BCUT2D eigenvalue weighted by molar-refractivity contribution is 0.0752. The van der Waals surface area contributed by atoms with E-state index in [1.165, 1.54) is 22.7 Å². The summed E-state index contributed by atoms with van der Waals surface area (Å²) in [6.45, 7) is 0. The van der Waals surface area contributed by atoms with E-state index in [1.54, 1.807) is 11.9 Å². The maximum atomic E-state index is 12.7. The Morgan fingerprint density at radius 2 is 2.04 bits per heavy atom. The number of fused-ring (bicyclic) bond motifs is 1. The molecule has 2 aromatic heterocycles. The lowest BCUT2D eigenvalue weighted by atomic mass is 10.2. The molecular weight excluding hydrogens is 390 g/mol. The fourth-order valence-corrected chi connectivity index (χ4v) is 6.85. The third kappa shape index (κ3) is 3.46. The average Bonchev–Trinajstić information content (AvgIpc) is 3.27. The second kappa shape index (κ2) is 6.64. The Hall–Kier alpha value is -1.97. The van der Waals surface area contributed by atoms with Crippen molar-refractivity contribution in [3.05, 3.63) is 41.3 Å². The van der Waals surface area contributed by atoms with Crippen molar-refractivity contribution in [2.45, 2.75) is 12.5 Å². The lowest BCUT2D eigenvalue weighted by Crippen LogP contribution is -2.37. The van der Waals surface area contributed by atoms with Crippen LogP contribution in [0.15, 0.2) is 36.4 Å². The molecule has 1 N–H and O–H groups in total. The molecule has 1 aromatic carbocycles. The number of benzene rings is 1. The van der Waals surface area contributed by atoms with Gasteiger partial charge in [0.2, 0.25) is 0 Å². The van der Waals surface area contributed by atoms with E-state index in [-0.39, 0.29) is 23.5 Å². The summed E-state index contributed by atoms with van der Waals surface area (Å²) in [7, 11) is -1.34. The van der Waals surface area contributed by atoms with Crippen LogP contribution in [0.2, 0.25) is 0 Å². The third-order valence-corrected chi connectivity index (χ3v) is 8.22. The Labute approximate surface area is 159 Å².